The lowest BCUT2D eigenvalue weighted by Gasteiger charge is -2.22. The number of fused-ring (bicyclic) bond motifs is 1. The molecule has 1 atom stereocenters. The van der Waals surface area contributed by atoms with Gasteiger partial charge in [0.15, 0.2) is 0 Å². The number of hydrogen-bond donors (Lipinski definition) is 2. The zero-order valence-corrected chi connectivity index (χ0v) is 13.0. The number of rotatable bonds is 3. The topological polar surface area (TPSA) is 35.5 Å². The number of anilines is 2. The van der Waals surface area contributed by atoms with Crippen molar-refractivity contribution in [3.63, 3.8) is 0 Å². The summed E-state index contributed by atoms with van der Waals surface area (Å²) in [7, 11) is 4.03. The molecule has 4 heteroatoms. The van der Waals surface area contributed by atoms with E-state index in [0.717, 1.165) is 34.8 Å². The van der Waals surface area contributed by atoms with E-state index >= 15 is 0 Å². The predicted molar refractivity (Wildman–Crippen MR) is 88.6 cm³/mol. The number of phenols is 1. The first kappa shape index (κ1) is 14.1. The summed E-state index contributed by atoms with van der Waals surface area (Å²) in [5.41, 5.74) is 4.37. The maximum atomic E-state index is 9.95. The molecule has 1 unspecified atom stereocenters. The van der Waals surface area contributed by atoms with Crippen LogP contribution in [0.4, 0.5) is 11.4 Å². The second-order valence-corrected chi connectivity index (χ2v) is 6.07. The molecule has 0 aromatic heterocycles. The van der Waals surface area contributed by atoms with Crippen LogP contribution in [0.1, 0.15) is 23.6 Å². The van der Waals surface area contributed by atoms with Gasteiger partial charge in [0.05, 0.1) is 17.4 Å². The predicted octanol–water partition coefficient (Wildman–Crippen LogP) is 4.21. The molecule has 2 aromatic carbocycles. The maximum Gasteiger partial charge on any atom is 0.119 e. The Balaban J connectivity index is 1.93. The minimum absolute atomic E-state index is 0.212. The number of benzene rings is 2. The summed E-state index contributed by atoms with van der Waals surface area (Å²) in [5.74, 6) is 0.399. The molecule has 2 N–H and O–H groups in total. The van der Waals surface area contributed by atoms with E-state index in [2.05, 4.69) is 16.3 Å². The van der Waals surface area contributed by atoms with E-state index in [9.17, 15) is 5.11 Å². The summed E-state index contributed by atoms with van der Waals surface area (Å²) < 4.78 is 0. The molecule has 0 spiro atoms. The zero-order valence-electron chi connectivity index (χ0n) is 12.2. The Labute approximate surface area is 130 Å². The minimum Gasteiger partial charge on any atom is -0.508 e. The van der Waals surface area contributed by atoms with Crippen molar-refractivity contribution in [2.75, 3.05) is 24.3 Å². The lowest BCUT2D eigenvalue weighted by molar-refractivity contribution is 0.469. The van der Waals surface area contributed by atoms with Crippen molar-refractivity contribution in [2.24, 2.45) is 0 Å². The average molecular weight is 303 g/mol. The normalized spacial score (nSPS) is 16.6. The van der Waals surface area contributed by atoms with Crippen LogP contribution in [0.15, 0.2) is 36.4 Å². The second kappa shape index (κ2) is 5.49. The Bertz CT molecular complexity index is 670. The molecule has 2 aromatic rings. The fraction of sp³-hybridized carbons (Fsp3) is 0.294. The summed E-state index contributed by atoms with van der Waals surface area (Å²) in [6, 6.07) is 11.8. The van der Waals surface area contributed by atoms with Gasteiger partial charge in [-0.25, -0.2) is 0 Å². The fourth-order valence-electron chi connectivity index (χ4n) is 2.99. The molecular weight excluding hydrogens is 284 g/mol. The number of phenolic OH excluding ortho intramolecular Hbond substituents is 1. The monoisotopic (exact) mass is 302 g/mol. The number of nitrogens with one attached hydrogen (secondary N) is 1. The van der Waals surface area contributed by atoms with Crippen LogP contribution in [0.25, 0.3) is 0 Å². The Hall–Kier alpha value is -1.87. The molecule has 21 heavy (non-hydrogen) atoms. The van der Waals surface area contributed by atoms with Gasteiger partial charge in [0.1, 0.15) is 5.75 Å². The standard InChI is InChI=1S/C17H19ClN2O/c1-20(2)16-9-6-11(18)10-15(16)19-14-8-7-13-12(14)4-3-5-17(13)21/h3-6,9-10,14,19,21H,7-8H2,1-2H3. The molecule has 0 radical (unpaired) electrons. The van der Waals surface area contributed by atoms with Crippen LogP contribution in [0.5, 0.6) is 5.75 Å². The van der Waals surface area contributed by atoms with Gasteiger partial charge >= 0.3 is 0 Å². The fourth-order valence-corrected chi connectivity index (χ4v) is 3.16. The molecule has 0 amide bonds. The Morgan fingerprint density at radius 1 is 1.24 bits per heavy atom. The van der Waals surface area contributed by atoms with E-state index in [1.807, 2.05) is 38.4 Å². The highest BCUT2D eigenvalue weighted by Crippen LogP contribution is 2.40. The van der Waals surface area contributed by atoms with E-state index in [0.29, 0.717) is 5.75 Å². The smallest absolute Gasteiger partial charge is 0.119 e. The van der Waals surface area contributed by atoms with Crippen LogP contribution in [-0.4, -0.2) is 19.2 Å². The van der Waals surface area contributed by atoms with Crippen LogP contribution in [0.3, 0.4) is 0 Å². The van der Waals surface area contributed by atoms with E-state index in [-0.39, 0.29) is 6.04 Å². The molecule has 3 rings (SSSR count). The Morgan fingerprint density at radius 3 is 2.81 bits per heavy atom. The van der Waals surface area contributed by atoms with Crippen molar-refractivity contribution in [3.05, 3.63) is 52.5 Å². The quantitative estimate of drug-likeness (QED) is 0.891. The van der Waals surface area contributed by atoms with Crippen molar-refractivity contribution in [1.82, 2.24) is 0 Å². The molecule has 0 saturated carbocycles. The number of halogens is 1. The molecule has 1 aliphatic rings. The summed E-state index contributed by atoms with van der Waals surface area (Å²) in [6.45, 7) is 0. The third kappa shape index (κ3) is 2.66. The molecular formula is C17H19ClN2O. The summed E-state index contributed by atoms with van der Waals surface area (Å²) >= 11 is 6.13. The summed E-state index contributed by atoms with van der Waals surface area (Å²) in [6.07, 6.45) is 1.88. The lowest BCUT2D eigenvalue weighted by atomic mass is 10.1. The third-order valence-electron chi connectivity index (χ3n) is 4.02. The van der Waals surface area contributed by atoms with Gasteiger partial charge in [-0.3, -0.25) is 0 Å². The first-order chi connectivity index (χ1) is 10.1. The molecule has 0 aliphatic heterocycles. The average Bonchev–Trinajstić information content (AvgIpc) is 2.83. The Kier molecular flexibility index (Phi) is 3.68. The first-order valence-corrected chi connectivity index (χ1v) is 7.48. The van der Waals surface area contributed by atoms with Crippen molar-refractivity contribution in [1.29, 1.82) is 0 Å². The van der Waals surface area contributed by atoms with E-state index in [4.69, 9.17) is 11.6 Å². The van der Waals surface area contributed by atoms with Gasteiger partial charge < -0.3 is 15.3 Å². The van der Waals surface area contributed by atoms with Gasteiger partial charge in [0, 0.05) is 19.1 Å². The van der Waals surface area contributed by atoms with Gasteiger partial charge in [-0.15, -0.1) is 0 Å². The second-order valence-electron chi connectivity index (χ2n) is 5.64. The van der Waals surface area contributed by atoms with Crippen LogP contribution < -0.4 is 10.2 Å². The van der Waals surface area contributed by atoms with Gasteiger partial charge in [-0.1, -0.05) is 23.7 Å². The number of hydrogen-bond acceptors (Lipinski definition) is 3. The molecule has 110 valence electrons. The highest BCUT2D eigenvalue weighted by molar-refractivity contribution is 6.31. The van der Waals surface area contributed by atoms with Crippen molar-refractivity contribution in [3.8, 4) is 5.75 Å². The van der Waals surface area contributed by atoms with Gasteiger partial charge in [0.2, 0.25) is 0 Å². The largest absolute Gasteiger partial charge is 0.508 e. The molecule has 0 fully saturated rings. The highest BCUT2D eigenvalue weighted by Gasteiger charge is 2.25. The third-order valence-corrected chi connectivity index (χ3v) is 4.25. The van der Waals surface area contributed by atoms with Crippen molar-refractivity contribution < 1.29 is 5.11 Å². The zero-order chi connectivity index (χ0) is 15.0. The van der Waals surface area contributed by atoms with Crippen molar-refractivity contribution >= 4 is 23.0 Å². The molecule has 1 aliphatic carbocycles. The van der Waals surface area contributed by atoms with Crippen LogP contribution in [0.2, 0.25) is 5.02 Å². The molecule has 3 nitrogen and oxygen atoms in total. The number of nitrogens with zero attached hydrogens (tertiary/aromatic N) is 1. The van der Waals surface area contributed by atoms with Crippen LogP contribution in [-0.2, 0) is 6.42 Å². The van der Waals surface area contributed by atoms with E-state index in [1.165, 1.54) is 5.56 Å². The van der Waals surface area contributed by atoms with E-state index in [1.54, 1.807) is 6.07 Å². The SMILES string of the molecule is CN(C)c1ccc(Cl)cc1NC1CCc2c(O)cccc21. The van der Waals surface area contributed by atoms with Crippen molar-refractivity contribution in [2.45, 2.75) is 18.9 Å². The van der Waals surface area contributed by atoms with Gasteiger partial charge in [0.25, 0.3) is 0 Å². The highest BCUT2D eigenvalue weighted by atomic mass is 35.5. The first-order valence-electron chi connectivity index (χ1n) is 7.10. The van der Waals surface area contributed by atoms with E-state index < -0.39 is 0 Å². The van der Waals surface area contributed by atoms with Gasteiger partial charge in [-0.05, 0) is 48.2 Å². The summed E-state index contributed by atoms with van der Waals surface area (Å²) in [5, 5.41) is 14.2. The van der Waals surface area contributed by atoms with Crippen LogP contribution >= 0.6 is 11.6 Å². The summed E-state index contributed by atoms with van der Waals surface area (Å²) in [4.78, 5) is 2.07. The molecule has 0 bridgehead atoms. The Morgan fingerprint density at radius 2 is 2.05 bits per heavy atom. The number of aromatic hydroxyl groups is 1. The minimum atomic E-state index is 0.212. The van der Waals surface area contributed by atoms with Gasteiger partial charge in [-0.2, -0.15) is 0 Å². The lowest BCUT2D eigenvalue weighted by Crippen LogP contribution is -2.14. The molecule has 0 saturated heterocycles. The maximum absolute atomic E-state index is 9.95. The van der Waals surface area contributed by atoms with Crippen LogP contribution in [0, 0.1) is 0 Å². The molecule has 0 heterocycles.